The molecule has 0 radical (unpaired) electrons. The van der Waals surface area contributed by atoms with Gasteiger partial charge in [-0.1, -0.05) is 37.6 Å². The SMILES string of the molecule is CCCCN(C)CCCNc1cc2ccccc2cn1. The number of fused-ring (bicyclic) bond motifs is 1. The highest BCUT2D eigenvalue weighted by molar-refractivity contribution is 5.83. The lowest BCUT2D eigenvalue weighted by molar-refractivity contribution is 0.327. The van der Waals surface area contributed by atoms with E-state index in [0.717, 1.165) is 25.3 Å². The van der Waals surface area contributed by atoms with E-state index in [1.54, 1.807) is 0 Å². The Labute approximate surface area is 122 Å². The minimum Gasteiger partial charge on any atom is -0.370 e. The summed E-state index contributed by atoms with van der Waals surface area (Å²) in [6.07, 6.45) is 5.64. The van der Waals surface area contributed by atoms with Crippen molar-refractivity contribution in [1.29, 1.82) is 0 Å². The van der Waals surface area contributed by atoms with E-state index < -0.39 is 0 Å². The van der Waals surface area contributed by atoms with Crippen molar-refractivity contribution in [3.8, 4) is 0 Å². The molecule has 2 rings (SSSR count). The van der Waals surface area contributed by atoms with E-state index in [4.69, 9.17) is 0 Å². The third-order valence-corrected chi connectivity index (χ3v) is 3.55. The monoisotopic (exact) mass is 271 g/mol. The Morgan fingerprint density at radius 3 is 2.65 bits per heavy atom. The minimum atomic E-state index is 0.972. The Morgan fingerprint density at radius 1 is 1.10 bits per heavy atom. The topological polar surface area (TPSA) is 28.2 Å². The van der Waals surface area contributed by atoms with Crippen LogP contribution in [0.1, 0.15) is 26.2 Å². The maximum Gasteiger partial charge on any atom is 0.126 e. The molecule has 0 fully saturated rings. The average molecular weight is 271 g/mol. The zero-order valence-electron chi connectivity index (χ0n) is 12.6. The number of unbranched alkanes of at least 4 members (excludes halogenated alkanes) is 1. The van der Waals surface area contributed by atoms with Crippen molar-refractivity contribution in [2.75, 3.05) is 32.0 Å². The molecule has 1 aromatic carbocycles. The molecule has 3 nitrogen and oxygen atoms in total. The summed E-state index contributed by atoms with van der Waals surface area (Å²) < 4.78 is 0. The molecule has 0 aliphatic heterocycles. The quantitative estimate of drug-likeness (QED) is 0.741. The van der Waals surface area contributed by atoms with E-state index in [1.165, 1.54) is 30.2 Å². The molecule has 0 spiro atoms. The van der Waals surface area contributed by atoms with Crippen LogP contribution >= 0.6 is 0 Å². The molecule has 0 bridgehead atoms. The van der Waals surface area contributed by atoms with Crippen LogP contribution in [-0.4, -0.2) is 36.6 Å². The predicted octanol–water partition coefficient (Wildman–Crippen LogP) is 3.77. The van der Waals surface area contributed by atoms with Crippen LogP contribution in [0.2, 0.25) is 0 Å². The van der Waals surface area contributed by atoms with Gasteiger partial charge in [0.1, 0.15) is 5.82 Å². The maximum absolute atomic E-state index is 4.45. The molecule has 0 aliphatic rings. The fraction of sp³-hybridized carbons (Fsp3) is 0.471. The van der Waals surface area contributed by atoms with Crippen molar-refractivity contribution < 1.29 is 0 Å². The molecule has 0 saturated heterocycles. The second-order valence-corrected chi connectivity index (χ2v) is 5.35. The van der Waals surface area contributed by atoms with E-state index in [0.29, 0.717) is 0 Å². The summed E-state index contributed by atoms with van der Waals surface area (Å²) in [5.74, 6) is 0.972. The number of nitrogens with zero attached hydrogens (tertiary/aromatic N) is 2. The van der Waals surface area contributed by atoms with Gasteiger partial charge in [-0.25, -0.2) is 4.98 Å². The molecule has 0 amide bonds. The molecule has 1 N–H and O–H groups in total. The van der Waals surface area contributed by atoms with Crippen LogP contribution in [0.3, 0.4) is 0 Å². The number of hydrogen-bond acceptors (Lipinski definition) is 3. The molecule has 20 heavy (non-hydrogen) atoms. The zero-order chi connectivity index (χ0) is 14.2. The largest absolute Gasteiger partial charge is 0.370 e. The molecule has 2 aromatic rings. The van der Waals surface area contributed by atoms with E-state index in [2.05, 4.69) is 53.4 Å². The second kappa shape index (κ2) is 7.85. The third kappa shape index (κ3) is 4.49. The number of anilines is 1. The lowest BCUT2D eigenvalue weighted by Crippen LogP contribution is -2.22. The van der Waals surface area contributed by atoms with E-state index in [-0.39, 0.29) is 0 Å². The van der Waals surface area contributed by atoms with Crippen molar-refractivity contribution in [3.05, 3.63) is 36.5 Å². The van der Waals surface area contributed by atoms with Crippen LogP contribution in [0.4, 0.5) is 5.82 Å². The van der Waals surface area contributed by atoms with Crippen molar-refractivity contribution in [2.24, 2.45) is 0 Å². The van der Waals surface area contributed by atoms with Gasteiger partial charge in [0.05, 0.1) is 0 Å². The highest BCUT2D eigenvalue weighted by Crippen LogP contribution is 2.15. The highest BCUT2D eigenvalue weighted by atomic mass is 15.1. The first-order chi connectivity index (χ1) is 9.79. The maximum atomic E-state index is 4.45. The minimum absolute atomic E-state index is 0.972. The standard InChI is InChI=1S/C17H25N3/c1-3-4-11-20(2)12-7-10-18-17-13-15-8-5-6-9-16(15)14-19-17/h5-6,8-9,13-14H,3-4,7,10-12H2,1-2H3,(H,18,19). The lowest BCUT2D eigenvalue weighted by atomic mass is 10.2. The fourth-order valence-electron chi connectivity index (χ4n) is 2.29. The first-order valence-electron chi connectivity index (χ1n) is 7.57. The number of rotatable bonds is 8. The molecule has 0 saturated carbocycles. The highest BCUT2D eigenvalue weighted by Gasteiger charge is 1.99. The number of pyridine rings is 1. The number of nitrogens with one attached hydrogen (secondary N) is 1. The molecule has 3 heteroatoms. The van der Waals surface area contributed by atoms with Crippen LogP contribution in [0, 0.1) is 0 Å². The van der Waals surface area contributed by atoms with Crippen LogP contribution in [0.15, 0.2) is 36.5 Å². The van der Waals surface area contributed by atoms with Gasteiger partial charge in [0.15, 0.2) is 0 Å². The summed E-state index contributed by atoms with van der Waals surface area (Å²) in [6.45, 7) is 5.55. The molecule has 0 atom stereocenters. The van der Waals surface area contributed by atoms with Gasteiger partial charge in [-0.2, -0.15) is 0 Å². The zero-order valence-corrected chi connectivity index (χ0v) is 12.6. The first-order valence-corrected chi connectivity index (χ1v) is 7.57. The molecule has 1 heterocycles. The summed E-state index contributed by atoms with van der Waals surface area (Å²) in [6, 6.07) is 10.4. The number of benzene rings is 1. The van der Waals surface area contributed by atoms with Crippen molar-refractivity contribution in [3.63, 3.8) is 0 Å². The van der Waals surface area contributed by atoms with E-state index in [9.17, 15) is 0 Å². The van der Waals surface area contributed by atoms with Gasteiger partial charge in [0, 0.05) is 18.1 Å². The normalized spacial score (nSPS) is 11.2. The van der Waals surface area contributed by atoms with E-state index in [1.807, 2.05) is 12.3 Å². The molecule has 0 unspecified atom stereocenters. The Balaban J connectivity index is 1.75. The summed E-state index contributed by atoms with van der Waals surface area (Å²) in [5, 5.41) is 5.84. The van der Waals surface area contributed by atoms with Crippen LogP contribution in [-0.2, 0) is 0 Å². The van der Waals surface area contributed by atoms with Gasteiger partial charge in [0.2, 0.25) is 0 Å². The molecular formula is C17H25N3. The summed E-state index contributed by atoms with van der Waals surface area (Å²) >= 11 is 0. The Bertz CT molecular complexity index is 524. The molecule has 0 aliphatic carbocycles. The Kier molecular flexibility index (Phi) is 5.81. The van der Waals surface area contributed by atoms with Crippen LogP contribution in [0.5, 0.6) is 0 Å². The van der Waals surface area contributed by atoms with Crippen molar-refractivity contribution in [1.82, 2.24) is 9.88 Å². The van der Waals surface area contributed by atoms with Crippen molar-refractivity contribution >= 4 is 16.6 Å². The van der Waals surface area contributed by atoms with Crippen LogP contribution in [0.25, 0.3) is 10.8 Å². The molecular weight excluding hydrogens is 246 g/mol. The molecule has 1 aromatic heterocycles. The average Bonchev–Trinajstić information content (AvgIpc) is 2.49. The smallest absolute Gasteiger partial charge is 0.126 e. The van der Waals surface area contributed by atoms with Gasteiger partial charge in [-0.05, 0) is 44.4 Å². The summed E-state index contributed by atoms with van der Waals surface area (Å²) in [4.78, 5) is 6.85. The lowest BCUT2D eigenvalue weighted by Gasteiger charge is -2.16. The summed E-state index contributed by atoms with van der Waals surface area (Å²) in [5.41, 5.74) is 0. The Hall–Kier alpha value is -1.61. The van der Waals surface area contributed by atoms with Crippen LogP contribution < -0.4 is 5.32 Å². The third-order valence-electron chi connectivity index (χ3n) is 3.55. The van der Waals surface area contributed by atoms with Crippen molar-refractivity contribution in [2.45, 2.75) is 26.2 Å². The summed E-state index contributed by atoms with van der Waals surface area (Å²) in [7, 11) is 2.20. The predicted molar refractivity (Wildman–Crippen MR) is 87.3 cm³/mol. The number of aromatic nitrogens is 1. The van der Waals surface area contributed by atoms with Gasteiger partial charge in [-0.3, -0.25) is 0 Å². The van der Waals surface area contributed by atoms with Gasteiger partial charge in [0.25, 0.3) is 0 Å². The number of hydrogen-bond donors (Lipinski definition) is 1. The van der Waals surface area contributed by atoms with Gasteiger partial charge >= 0.3 is 0 Å². The second-order valence-electron chi connectivity index (χ2n) is 5.35. The Morgan fingerprint density at radius 2 is 1.85 bits per heavy atom. The van der Waals surface area contributed by atoms with E-state index >= 15 is 0 Å². The van der Waals surface area contributed by atoms with Gasteiger partial charge in [-0.15, -0.1) is 0 Å². The fourth-order valence-corrected chi connectivity index (χ4v) is 2.29. The first kappa shape index (κ1) is 14.8. The molecule has 108 valence electrons. The van der Waals surface area contributed by atoms with Gasteiger partial charge < -0.3 is 10.2 Å².